The molecular formula is C10H16N2OS. The Morgan fingerprint density at radius 1 is 1.64 bits per heavy atom. The average Bonchev–Trinajstić information content (AvgIpc) is 2.66. The van der Waals surface area contributed by atoms with E-state index in [4.69, 9.17) is 0 Å². The first kappa shape index (κ1) is 11.2. The maximum atomic E-state index is 11.6. The Morgan fingerprint density at radius 2 is 2.43 bits per heavy atom. The molecule has 1 N–H and O–H groups in total. The summed E-state index contributed by atoms with van der Waals surface area (Å²) in [6.45, 7) is 1.60. The zero-order valence-corrected chi connectivity index (χ0v) is 9.43. The van der Waals surface area contributed by atoms with E-state index in [9.17, 15) is 4.79 Å². The normalized spacial score (nSPS) is 10.1. The van der Waals surface area contributed by atoms with E-state index in [-0.39, 0.29) is 5.91 Å². The van der Waals surface area contributed by atoms with E-state index in [1.165, 1.54) is 0 Å². The van der Waals surface area contributed by atoms with Gasteiger partial charge in [0.05, 0.1) is 6.42 Å². The highest BCUT2D eigenvalue weighted by atomic mass is 32.1. The van der Waals surface area contributed by atoms with Crippen LogP contribution >= 0.6 is 11.3 Å². The third-order valence-electron chi connectivity index (χ3n) is 2.06. The molecule has 0 saturated carbocycles. The quantitative estimate of drug-likeness (QED) is 0.788. The van der Waals surface area contributed by atoms with Gasteiger partial charge in [-0.2, -0.15) is 11.3 Å². The lowest BCUT2D eigenvalue weighted by Gasteiger charge is -2.16. The minimum Gasteiger partial charge on any atom is -0.344 e. The monoisotopic (exact) mass is 212 g/mol. The predicted octanol–water partition coefficient (Wildman–Crippen LogP) is 0.968. The van der Waals surface area contributed by atoms with Crippen molar-refractivity contribution in [2.75, 3.05) is 27.2 Å². The van der Waals surface area contributed by atoms with Gasteiger partial charge in [-0.15, -0.1) is 0 Å². The van der Waals surface area contributed by atoms with Crippen molar-refractivity contribution in [2.45, 2.75) is 6.42 Å². The molecule has 0 bridgehead atoms. The van der Waals surface area contributed by atoms with Gasteiger partial charge in [-0.25, -0.2) is 0 Å². The van der Waals surface area contributed by atoms with Gasteiger partial charge in [-0.3, -0.25) is 4.79 Å². The standard InChI is InChI=1S/C10H16N2OS/c1-11-4-5-12(2)10(13)7-9-3-6-14-8-9/h3,6,8,11H,4-5,7H2,1-2H3. The minimum atomic E-state index is 0.179. The van der Waals surface area contributed by atoms with Gasteiger partial charge in [-0.1, -0.05) is 0 Å². The van der Waals surface area contributed by atoms with Crippen molar-refractivity contribution >= 4 is 17.2 Å². The average molecular weight is 212 g/mol. The van der Waals surface area contributed by atoms with Gasteiger partial charge in [0.2, 0.25) is 5.91 Å². The molecule has 0 aliphatic rings. The summed E-state index contributed by atoms with van der Waals surface area (Å²) >= 11 is 1.63. The van der Waals surface area contributed by atoms with Crippen LogP contribution in [0.3, 0.4) is 0 Å². The maximum Gasteiger partial charge on any atom is 0.226 e. The van der Waals surface area contributed by atoms with E-state index in [1.54, 1.807) is 16.2 Å². The lowest BCUT2D eigenvalue weighted by atomic mass is 10.2. The van der Waals surface area contributed by atoms with Crippen LogP contribution in [-0.4, -0.2) is 38.0 Å². The van der Waals surface area contributed by atoms with Crippen molar-refractivity contribution in [3.8, 4) is 0 Å². The predicted molar refractivity (Wildman–Crippen MR) is 59.6 cm³/mol. The molecule has 0 unspecified atom stereocenters. The molecule has 0 saturated heterocycles. The number of nitrogens with one attached hydrogen (secondary N) is 1. The van der Waals surface area contributed by atoms with Crippen LogP contribution in [0.1, 0.15) is 5.56 Å². The van der Waals surface area contributed by atoms with E-state index >= 15 is 0 Å². The summed E-state index contributed by atoms with van der Waals surface area (Å²) in [6.07, 6.45) is 0.518. The van der Waals surface area contributed by atoms with E-state index in [0.717, 1.165) is 18.7 Å². The molecule has 1 heterocycles. The summed E-state index contributed by atoms with van der Waals surface area (Å²) in [5.74, 6) is 0.179. The minimum absolute atomic E-state index is 0.179. The molecule has 1 aromatic heterocycles. The smallest absolute Gasteiger partial charge is 0.226 e. The third-order valence-corrected chi connectivity index (χ3v) is 2.79. The van der Waals surface area contributed by atoms with Crippen molar-refractivity contribution in [1.82, 2.24) is 10.2 Å². The maximum absolute atomic E-state index is 11.6. The zero-order valence-electron chi connectivity index (χ0n) is 8.62. The zero-order chi connectivity index (χ0) is 10.4. The fourth-order valence-electron chi connectivity index (χ4n) is 1.11. The molecule has 1 rings (SSSR count). The van der Waals surface area contributed by atoms with Crippen molar-refractivity contribution < 1.29 is 4.79 Å². The molecule has 0 aliphatic heterocycles. The van der Waals surface area contributed by atoms with Crippen molar-refractivity contribution in [1.29, 1.82) is 0 Å². The van der Waals surface area contributed by atoms with E-state index < -0.39 is 0 Å². The van der Waals surface area contributed by atoms with E-state index in [2.05, 4.69) is 5.32 Å². The Kier molecular flexibility index (Phi) is 4.62. The molecule has 14 heavy (non-hydrogen) atoms. The second-order valence-corrected chi connectivity index (χ2v) is 4.01. The van der Waals surface area contributed by atoms with Crippen LogP contribution in [0, 0.1) is 0 Å². The Bertz CT molecular complexity index is 272. The molecule has 4 heteroatoms. The van der Waals surface area contributed by atoms with Gasteiger partial charge >= 0.3 is 0 Å². The Labute approximate surface area is 88.7 Å². The van der Waals surface area contributed by atoms with Crippen LogP contribution in [0.5, 0.6) is 0 Å². The van der Waals surface area contributed by atoms with Gasteiger partial charge < -0.3 is 10.2 Å². The van der Waals surface area contributed by atoms with Crippen LogP contribution in [0.2, 0.25) is 0 Å². The Morgan fingerprint density at radius 3 is 3.00 bits per heavy atom. The lowest BCUT2D eigenvalue weighted by molar-refractivity contribution is -0.129. The van der Waals surface area contributed by atoms with E-state index in [0.29, 0.717) is 6.42 Å². The first-order valence-corrected chi connectivity index (χ1v) is 5.58. The molecule has 0 aliphatic carbocycles. The van der Waals surface area contributed by atoms with Gasteiger partial charge in [0.15, 0.2) is 0 Å². The van der Waals surface area contributed by atoms with Crippen LogP contribution in [0.4, 0.5) is 0 Å². The van der Waals surface area contributed by atoms with Crippen LogP contribution in [0.25, 0.3) is 0 Å². The molecule has 1 amide bonds. The second-order valence-electron chi connectivity index (χ2n) is 3.23. The Hall–Kier alpha value is -0.870. The molecular weight excluding hydrogens is 196 g/mol. The number of likely N-dealkylation sites (N-methyl/N-ethyl adjacent to an activating group) is 2. The van der Waals surface area contributed by atoms with Crippen molar-refractivity contribution in [2.24, 2.45) is 0 Å². The number of hydrogen-bond donors (Lipinski definition) is 1. The van der Waals surface area contributed by atoms with Gasteiger partial charge in [0, 0.05) is 20.1 Å². The third kappa shape index (κ3) is 3.47. The van der Waals surface area contributed by atoms with Crippen LogP contribution in [0.15, 0.2) is 16.8 Å². The highest BCUT2D eigenvalue weighted by Gasteiger charge is 2.08. The number of carbonyl (C=O) groups excluding carboxylic acids is 1. The molecule has 78 valence electrons. The highest BCUT2D eigenvalue weighted by molar-refractivity contribution is 7.07. The lowest BCUT2D eigenvalue weighted by Crippen LogP contribution is -2.33. The van der Waals surface area contributed by atoms with Crippen LogP contribution < -0.4 is 5.32 Å². The summed E-state index contributed by atoms with van der Waals surface area (Å²) in [5.41, 5.74) is 1.11. The summed E-state index contributed by atoms with van der Waals surface area (Å²) in [5, 5.41) is 7.03. The summed E-state index contributed by atoms with van der Waals surface area (Å²) < 4.78 is 0. The molecule has 0 spiro atoms. The highest BCUT2D eigenvalue weighted by Crippen LogP contribution is 2.07. The number of nitrogens with zero attached hydrogens (tertiary/aromatic N) is 1. The molecule has 0 atom stereocenters. The van der Waals surface area contributed by atoms with Gasteiger partial charge in [-0.05, 0) is 29.4 Å². The molecule has 3 nitrogen and oxygen atoms in total. The molecule has 0 aromatic carbocycles. The topological polar surface area (TPSA) is 32.3 Å². The van der Waals surface area contributed by atoms with Crippen LogP contribution in [-0.2, 0) is 11.2 Å². The summed E-state index contributed by atoms with van der Waals surface area (Å²) in [7, 11) is 3.73. The van der Waals surface area contributed by atoms with Crippen molar-refractivity contribution in [3.63, 3.8) is 0 Å². The number of carbonyl (C=O) groups is 1. The van der Waals surface area contributed by atoms with Crippen molar-refractivity contribution in [3.05, 3.63) is 22.4 Å². The summed E-state index contributed by atoms with van der Waals surface area (Å²) in [4.78, 5) is 13.4. The second kappa shape index (κ2) is 5.78. The number of rotatable bonds is 5. The first-order valence-electron chi connectivity index (χ1n) is 4.63. The molecule has 1 aromatic rings. The summed E-state index contributed by atoms with van der Waals surface area (Å²) in [6, 6.07) is 1.99. The fraction of sp³-hybridized carbons (Fsp3) is 0.500. The number of thiophene rings is 1. The van der Waals surface area contributed by atoms with E-state index in [1.807, 2.05) is 30.9 Å². The number of amides is 1. The largest absolute Gasteiger partial charge is 0.344 e. The number of hydrogen-bond acceptors (Lipinski definition) is 3. The molecule has 0 radical (unpaired) electrons. The first-order chi connectivity index (χ1) is 6.74. The SMILES string of the molecule is CNCCN(C)C(=O)Cc1ccsc1. The Balaban J connectivity index is 2.34. The molecule has 0 fully saturated rings. The fourth-order valence-corrected chi connectivity index (χ4v) is 1.78. The van der Waals surface area contributed by atoms with Gasteiger partial charge in [0.25, 0.3) is 0 Å². The van der Waals surface area contributed by atoms with Gasteiger partial charge in [0.1, 0.15) is 0 Å².